The van der Waals surface area contributed by atoms with E-state index < -0.39 is 0 Å². The van der Waals surface area contributed by atoms with Crippen LogP contribution in [0.1, 0.15) is 59.3 Å². The molecule has 3 unspecified atom stereocenters. The topological polar surface area (TPSA) is 15.3 Å². The summed E-state index contributed by atoms with van der Waals surface area (Å²) in [5.74, 6) is 1.80. The van der Waals surface area contributed by atoms with E-state index in [4.69, 9.17) is 0 Å². The van der Waals surface area contributed by atoms with E-state index in [0.29, 0.717) is 6.04 Å². The van der Waals surface area contributed by atoms with Crippen LogP contribution in [0.25, 0.3) is 0 Å². The number of rotatable bonds is 4. The first-order chi connectivity index (χ1) is 8.70. The van der Waals surface area contributed by atoms with Crippen molar-refractivity contribution < 1.29 is 0 Å². The minimum Gasteiger partial charge on any atom is -0.312 e. The summed E-state index contributed by atoms with van der Waals surface area (Å²) < 4.78 is 0. The predicted molar refractivity (Wildman–Crippen MR) is 78.9 cm³/mol. The number of hydrogen-bond acceptors (Lipinski definition) is 2. The quantitative estimate of drug-likeness (QED) is 0.826. The van der Waals surface area contributed by atoms with Crippen molar-refractivity contribution in [2.45, 2.75) is 71.4 Å². The van der Waals surface area contributed by atoms with E-state index in [-0.39, 0.29) is 0 Å². The van der Waals surface area contributed by atoms with Gasteiger partial charge in [0.15, 0.2) is 0 Å². The molecule has 106 valence electrons. The maximum absolute atomic E-state index is 3.78. The fourth-order valence-corrected chi connectivity index (χ4v) is 3.60. The van der Waals surface area contributed by atoms with E-state index in [0.717, 1.165) is 17.9 Å². The van der Waals surface area contributed by atoms with Crippen LogP contribution in [0.2, 0.25) is 0 Å². The zero-order chi connectivity index (χ0) is 13.0. The lowest BCUT2D eigenvalue weighted by molar-refractivity contribution is 0.162. The van der Waals surface area contributed by atoms with Gasteiger partial charge < -0.3 is 5.32 Å². The molecule has 0 radical (unpaired) electrons. The van der Waals surface area contributed by atoms with E-state index in [1.54, 1.807) is 0 Å². The molecule has 1 saturated carbocycles. The van der Waals surface area contributed by atoms with Crippen LogP contribution in [0.3, 0.4) is 0 Å². The van der Waals surface area contributed by atoms with E-state index in [1.165, 1.54) is 58.2 Å². The van der Waals surface area contributed by atoms with Crippen molar-refractivity contribution in [2.24, 2.45) is 11.8 Å². The van der Waals surface area contributed by atoms with Gasteiger partial charge in [-0.15, -0.1) is 0 Å². The zero-order valence-electron chi connectivity index (χ0n) is 12.6. The van der Waals surface area contributed by atoms with Gasteiger partial charge in [0.05, 0.1) is 0 Å². The first-order valence-corrected chi connectivity index (χ1v) is 8.18. The summed E-state index contributed by atoms with van der Waals surface area (Å²) in [5.41, 5.74) is 0. The lowest BCUT2D eigenvalue weighted by atomic mass is 9.98. The second kappa shape index (κ2) is 6.91. The third-order valence-corrected chi connectivity index (χ3v) is 5.32. The fourth-order valence-electron chi connectivity index (χ4n) is 3.60. The Morgan fingerprint density at radius 3 is 2.61 bits per heavy atom. The second-order valence-electron chi connectivity index (χ2n) is 6.69. The van der Waals surface area contributed by atoms with Crippen LogP contribution < -0.4 is 5.32 Å². The van der Waals surface area contributed by atoms with Crippen molar-refractivity contribution in [1.29, 1.82) is 0 Å². The first kappa shape index (κ1) is 14.3. The second-order valence-corrected chi connectivity index (χ2v) is 6.69. The van der Waals surface area contributed by atoms with Gasteiger partial charge in [0.2, 0.25) is 0 Å². The molecule has 0 amide bonds. The van der Waals surface area contributed by atoms with Crippen LogP contribution in [0.15, 0.2) is 0 Å². The highest BCUT2D eigenvalue weighted by atomic mass is 15.2. The summed E-state index contributed by atoms with van der Waals surface area (Å²) in [7, 11) is 0. The number of nitrogens with zero attached hydrogens (tertiary/aromatic N) is 1. The zero-order valence-corrected chi connectivity index (χ0v) is 12.6. The molecule has 2 fully saturated rings. The maximum Gasteiger partial charge on any atom is 0.0220 e. The van der Waals surface area contributed by atoms with Crippen LogP contribution in [-0.2, 0) is 0 Å². The standard InChI is InChI=1S/C16H32N2/c1-4-13(2)16-12-18(14(3)9-10-17-16)11-15-7-5-6-8-15/h13-17H,4-12H2,1-3H3. The average Bonchev–Trinajstić information content (AvgIpc) is 2.81. The summed E-state index contributed by atoms with van der Waals surface area (Å²) in [6, 6.07) is 1.48. The van der Waals surface area contributed by atoms with E-state index >= 15 is 0 Å². The molecular weight excluding hydrogens is 220 g/mol. The Morgan fingerprint density at radius 2 is 1.94 bits per heavy atom. The summed E-state index contributed by atoms with van der Waals surface area (Å²) in [5, 5.41) is 3.78. The monoisotopic (exact) mass is 252 g/mol. The van der Waals surface area contributed by atoms with Gasteiger partial charge in [-0.3, -0.25) is 4.90 Å². The van der Waals surface area contributed by atoms with Gasteiger partial charge in [-0.2, -0.15) is 0 Å². The molecular formula is C16H32N2. The summed E-state index contributed by atoms with van der Waals surface area (Å²) in [6.45, 7) is 11.0. The highest BCUT2D eigenvalue weighted by Gasteiger charge is 2.28. The highest BCUT2D eigenvalue weighted by molar-refractivity contribution is 4.85. The molecule has 1 N–H and O–H groups in total. The van der Waals surface area contributed by atoms with Crippen LogP contribution >= 0.6 is 0 Å². The van der Waals surface area contributed by atoms with Crippen LogP contribution in [0, 0.1) is 11.8 Å². The Balaban J connectivity index is 1.91. The molecule has 1 aliphatic heterocycles. The van der Waals surface area contributed by atoms with E-state index in [1.807, 2.05) is 0 Å². The van der Waals surface area contributed by atoms with Gasteiger partial charge in [0, 0.05) is 25.2 Å². The molecule has 0 aromatic carbocycles. The van der Waals surface area contributed by atoms with E-state index in [9.17, 15) is 0 Å². The number of nitrogens with one attached hydrogen (secondary N) is 1. The van der Waals surface area contributed by atoms with Crippen LogP contribution in [0.4, 0.5) is 0 Å². The molecule has 0 aromatic rings. The largest absolute Gasteiger partial charge is 0.312 e. The van der Waals surface area contributed by atoms with Crippen molar-refractivity contribution in [3.05, 3.63) is 0 Å². The van der Waals surface area contributed by atoms with Gasteiger partial charge >= 0.3 is 0 Å². The lowest BCUT2D eigenvalue weighted by Crippen LogP contribution is -2.44. The minimum atomic E-state index is 0.710. The Morgan fingerprint density at radius 1 is 1.22 bits per heavy atom. The van der Waals surface area contributed by atoms with Crippen LogP contribution in [0.5, 0.6) is 0 Å². The fraction of sp³-hybridized carbons (Fsp3) is 1.00. The molecule has 2 rings (SSSR count). The molecule has 2 heteroatoms. The minimum absolute atomic E-state index is 0.710. The molecule has 3 atom stereocenters. The predicted octanol–water partition coefficient (Wildman–Crippen LogP) is 3.28. The molecule has 18 heavy (non-hydrogen) atoms. The number of hydrogen-bond donors (Lipinski definition) is 1. The van der Waals surface area contributed by atoms with Gasteiger partial charge in [0.1, 0.15) is 0 Å². The van der Waals surface area contributed by atoms with Gasteiger partial charge in [-0.1, -0.05) is 33.1 Å². The molecule has 1 aliphatic carbocycles. The van der Waals surface area contributed by atoms with Crippen molar-refractivity contribution in [3.63, 3.8) is 0 Å². The third kappa shape index (κ3) is 3.71. The van der Waals surface area contributed by atoms with Crippen molar-refractivity contribution in [1.82, 2.24) is 10.2 Å². The Hall–Kier alpha value is -0.0800. The van der Waals surface area contributed by atoms with Crippen LogP contribution in [-0.4, -0.2) is 36.6 Å². The summed E-state index contributed by atoms with van der Waals surface area (Å²) >= 11 is 0. The molecule has 2 aliphatic rings. The van der Waals surface area contributed by atoms with Gasteiger partial charge in [-0.25, -0.2) is 0 Å². The molecule has 2 nitrogen and oxygen atoms in total. The van der Waals surface area contributed by atoms with Crippen molar-refractivity contribution in [3.8, 4) is 0 Å². The highest BCUT2D eigenvalue weighted by Crippen LogP contribution is 2.27. The molecule has 1 heterocycles. The van der Waals surface area contributed by atoms with Crippen molar-refractivity contribution >= 4 is 0 Å². The van der Waals surface area contributed by atoms with E-state index in [2.05, 4.69) is 31.0 Å². The smallest absolute Gasteiger partial charge is 0.0220 e. The average molecular weight is 252 g/mol. The third-order valence-electron chi connectivity index (χ3n) is 5.32. The molecule has 0 aromatic heterocycles. The summed E-state index contributed by atoms with van der Waals surface area (Å²) in [4.78, 5) is 2.78. The SMILES string of the molecule is CCC(C)C1CN(CC2CCCC2)C(C)CCN1. The Kier molecular flexibility index (Phi) is 5.50. The molecule has 0 spiro atoms. The molecule has 1 saturated heterocycles. The Bertz CT molecular complexity index is 235. The molecule has 0 bridgehead atoms. The first-order valence-electron chi connectivity index (χ1n) is 8.18. The maximum atomic E-state index is 3.78. The lowest BCUT2D eigenvalue weighted by Gasteiger charge is -2.33. The van der Waals surface area contributed by atoms with Gasteiger partial charge in [-0.05, 0) is 44.6 Å². The van der Waals surface area contributed by atoms with Crippen molar-refractivity contribution in [2.75, 3.05) is 19.6 Å². The Labute approximate surface area is 114 Å². The summed E-state index contributed by atoms with van der Waals surface area (Å²) in [6.07, 6.45) is 8.51. The normalized spacial score (nSPS) is 33.5. The van der Waals surface area contributed by atoms with Gasteiger partial charge in [0.25, 0.3) is 0 Å².